The minimum Gasteiger partial charge on any atom is -0.353 e. The van der Waals surface area contributed by atoms with Crippen molar-refractivity contribution in [3.63, 3.8) is 0 Å². The molecule has 1 aliphatic rings. The Kier molecular flexibility index (Phi) is 5.85. The zero-order valence-electron chi connectivity index (χ0n) is 13.6. The molecule has 0 radical (unpaired) electrons. The number of nitrogens with zero attached hydrogens (tertiary/aromatic N) is 2. The van der Waals surface area contributed by atoms with Gasteiger partial charge in [-0.1, -0.05) is 20.8 Å². The van der Waals surface area contributed by atoms with Gasteiger partial charge in [0.05, 0.1) is 0 Å². The van der Waals surface area contributed by atoms with Crippen LogP contribution in [0.2, 0.25) is 0 Å². The van der Waals surface area contributed by atoms with Gasteiger partial charge in [0.25, 0.3) is 0 Å². The molecule has 2 heterocycles. The number of hydrogen-bond acceptors (Lipinski definition) is 2. The predicted octanol–water partition coefficient (Wildman–Crippen LogP) is 2.68. The highest BCUT2D eigenvalue weighted by Crippen LogP contribution is 2.19. The first kappa shape index (κ1) is 16.1. The molecule has 0 aliphatic carbocycles. The predicted molar refractivity (Wildman–Crippen MR) is 86.2 cm³/mol. The number of rotatable bonds is 7. The lowest BCUT2D eigenvalue weighted by Crippen LogP contribution is -2.42. The van der Waals surface area contributed by atoms with Crippen molar-refractivity contribution in [3.8, 4) is 0 Å². The van der Waals surface area contributed by atoms with E-state index in [-0.39, 0.29) is 11.9 Å². The summed E-state index contributed by atoms with van der Waals surface area (Å²) in [6.45, 7) is 9.56. The van der Waals surface area contributed by atoms with Crippen LogP contribution in [0.25, 0.3) is 0 Å². The average Bonchev–Trinajstić information content (AvgIpc) is 3.12. The van der Waals surface area contributed by atoms with E-state index in [0.29, 0.717) is 12.0 Å². The molecule has 1 saturated heterocycles. The maximum absolute atomic E-state index is 12.6. The standard InChI is InChI=1S/C17H29N3O/c1-4-19-11-7-8-15(19)13-18-17(21)16(12-14(2)3)20-9-5-6-10-20/h5-6,9-10,14-16H,4,7-8,11-13H2,1-3H3,(H,18,21)/t15-,16+/m0/s1. The monoisotopic (exact) mass is 291 g/mol. The third-order valence-electron chi connectivity index (χ3n) is 4.40. The number of likely N-dealkylation sites (N-methyl/N-ethyl adjacent to an activating group) is 1. The molecular weight excluding hydrogens is 262 g/mol. The molecule has 0 unspecified atom stereocenters. The number of carbonyl (C=O) groups is 1. The summed E-state index contributed by atoms with van der Waals surface area (Å²) in [5, 5.41) is 3.18. The Labute approximate surface area is 128 Å². The van der Waals surface area contributed by atoms with Gasteiger partial charge in [-0.15, -0.1) is 0 Å². The summed E-state index contributed by atoms with van der Waals surface area (Å²) in [7, 11) is 0. The Morgan fingerprint density at radius 2 is 2.05 bits per heavy atom. The lowest BCUT2D eigenvalue weighted by molar-refractivity contribution is -0.125. The molecule has 0 bridgehead atoms. The van der Waals surface area contributed by atoms with Crippen LogP contribution in [0.5, 0.6) is 0 Å². The van der Waals surface area contributed by atoms with Crippen LogP contribution in [0.4, 0.5) is 0 Å². The van der Waals surface area contributed by atoms with E-state index < -0.39 is 0 Å². The van der Waals surface area contributed by atoms with E-state index in [9.17, 15) is 4.79 Å². The normalized spacial score (nSPS) is 20.9. The van der Waals surface area contributed by atoms with Crippen LogP contribution in [-0.2, 0) is 4.79 Å². The maximum Gasteiger partial charge on any atom is 0.243 e. The highest BCUT2D eigenvalue weighted by molar-refractivity contribution is 5.80. The van der Waals surface area contributed by atoms with Crippen molar-refractivity contribution in [3.05, 3.63) is 24.5 Å². The van der Waals surface area contributed by atoms with Gasteiger partial charge in [-0.3, -0.25) is 9.69 Å². The summed E-state index contributed by atoms with van der Waals surface area (Å²) in [6, 6.07) is 4.40. The Morgan fingerprint density at radius 1 is 1.33 bits per heavy atom. The van der Waals surface area contributed by atoms with Gasteiger partial charge in [0, 0.05) is 25.0 Å². The molecule has 2 atom stereocenters. The minimum absolute atomic E-state index is 0.0866. The molecule has 1 aliphatic heterocycles. The summed E-state index contributed by atoms with van der Waals surface area (Å²) < 4.78 is 2.03. The molecule has 1 N–H and O–H groups in total. The summed E-state index contributed by atoms with van der Waals surface area (Å²) in [6.07, 6.45) is 7.30. The van der Waals surface area contributed by atoms with Gasteiger partial charge in [0.1, 0.15) is 6.04 Å². The molecule has 1 amide bonds. The van der Waals surface area contributed by atoms with E-state index in [2.05, 4.69) is 31.0 Å². The van der Waals surface area contributed by atoms with Crippen LogP contribution >= 0.6 is 0 Å². The highest BCUT2D eigenvalue weighted by Gasteiger charge is 2.25. The lowest BCUT2D eigenvalue weighted by atomic mass is 10.0. The molecule has 2 rings (SSSR count). The first-order chi connectivity index (χ1) is 10.1. The third kappa shape index (κ3) is 4.34. The number of nitrogens with one attached hydrogen (secondary N) is 1. The molecule has 1 aromatic heterocycles. The Bertz CT molecular complexity index is 427. The maximum atomic E-state index is 12.6. The molecule has 1 fully saturated rings. The molecule has 21 heavy (non-hydrogen) atoms. The van der Waals surface area contributed by atoms with E-state index in [1.165, 1.54) is 19.4 Å². The van der Waals surface area contributed by atoms with Crippen LogP contribution in [0.1, 0.15) is 46.1 Å². The van der Waals surface area contributed by atoms with Gasteiger partial charge >= 0.3 is 0 Å². The molecule has 0 spiro atoms. The van der Waals surface area contributed by atoms with Crippen molar-refractivity contribution in [1.82, 2.24) is 14.8 Å². The Balaban J connectivity index is 1.92. The minimum atomic E-state index is -0.0866. The van der Waals surface area contributed by atoms with Crippen LogP contribution in [0.15, 0.2) is 24.5 Å². The van der Waals surface area contributed by atoms with E-state index in [1.54, 1.807) is 0 Å². The summed E-state index contributed by atoms with van der Waals surface area (Å²) in [5.74, 6) is 0.657. The average molecular weight is 291 g/mol. The molecule has 118 valence electrons. The van der Waals surface area contributed by atoms with Gasteiger partial charge in [0.2, 0.25) is 5.91 Å². The Morgan fingerprint density at radius 3 is 2.67 bits per heavy atom. The molecule has 4 heteroatoms. The number of carbonyl (C=O) groups excluding carboxylic acids is 1. The van der Waals surface area contributed by atoms with E-state index in [0.717, 1.165) is 19.5 Å². The number of likely N-dealkylation sites (tertiary alicyclic amines) is 1. The van der Waals surface area contributed by atoms with Gasteiger partial charge in [-0.05, 0) is 50.4 Å². The molecule has 0 saturated carbocycles. The van der Waals surface area contributed by atoms with Crippen molar-refractivity contribution in [1.29, 1.82) is 0 Å². The topological polar surface area (TPSA) is 37.3 Å². The fraction of sp³-hybridized carbons (Fsp3) is 0.706. The van der Waals surface area contributed by atoms with Crippen molar-refractivity contribution in [2.45, 2.75) is 52.1 Å². The summed E-state index contributed by atoms with van der Waals surface area (Å²) in [4.78, 5) is 15.0. The first-order valence-corrected chi connectivity index (χ1v) is 8.26. The van der Waals surface area contributed by atoms with Crippen LogP contribution in [0, 0.1) is 5.92 Å². The fourth-order valence-corrected chi connectivity index (χ4v) is 3.25. The first-order valence-electron chi connectivity index (χ1n) is 8.26. The highest BCUT2D eigenvalue weighted by atomic mass is 16.2. The van der Waals surface area contributed by atoms with Crippen molar-refractivity contribution < 1.29 is 4.79 Å². The molecule has 1 aromatic rings. The molecule has 4 nitrogen and oxygen atoms in total. The van der Waals surface area contributed by atoms with Crippen LogP contribution in [0.3, 0.4) is 0 Å². The van der Waals surface area contributed by atoms with E-state index >= 15 is 0 Å². The molecule has 0 aromatic carbocycles. The van der Waals surface area contributed by atoms with Gasteiger partial charge in [0.15, 0.2) is 0 Å². The number of aromatic nitrogens is 1. The SMILES string of the molecule is CCN1CCC[C@H]1CNC(=O)[C@@H](CC(C)C)n1cccc1. The van der Waals surface area contributed by atoms with Gasteiger partial charge < -0.3 is 9.88 Å². The zero-order valence-corrected chi connectivity index (χ0v) is 13.6. The molecular formula is C17H29N3O. The largest absolute Gasteiger partial charge is 0.353 e. The van der Waals surface area contributed by atoms with Crippen molar-refractivity contribution >= 4 is 5.91 Å². The quantitative estimate of drug-likeness (QED) is 0.838. The van der Waals surface area contributed by atoms with Crippen molar-refractivity contribution in [2.75, 3.05) is 19.6 Å². The smallest absolute Gasteiger partial charge is 0.243 e. The van der Waals surface area contributed by atoms with Crippen LogP contribution < -0.4 is 5.32 Å². The zero-order chi connectivity index (χ0) is 15.2. The second-order valence-corrected chi connectivity index (χ2v) is 6.45. The number of amides is 1. The van der Waals surface area contributed by atoms with Crippen molar-refractivity contribution in [2.24, 2.45) is 5.92 Å². The van der Waals surface area contributed by atoms with Gasteiger partial charge in [-0.25, -0.2) is 0 Å². The van der Waals surface area contributed by atoms with Crippen LogP contribution in [-0.4, -0.2) is 41.1 Å². The summed E-state index contributed by atoms with van der Waals surface area (Å²) >= 11 is 0. The third-order valence-corrected chi connectivity index (χ3v) is 4.40. The second kappa shape index (κ2) is 7.64. The number of hydrogen-bond donors (Lipinski definition) is 1. The Hall–Kier alpha value is -1.29. The fourth-order valence-electron chi connectivity index (χ4n) is 3.25. The lowest BCUT2D eigenvalue weighted by Gasteiger charge is -2.25. The van der Waals surface area contributed by atoms with Gasteiger partial charge in [-0.2, -0.15) is 0 Å². The second-order valence-electron chi connectivity index (χ2n) is 6.45. The van der Waals surface area contributed by atoms with E-state index in [4.69, 9.17) is 0 Å². The van der Waals surface area contributed by atoms with E-state index in [1.807, 2.05) is 29.1 Å². The summed E-state index contributed by atoms with van der Waals surface area (Å²) in [5.41, 5.74) is 0.